The maximum Gasteiger partial charge on any atom is 0.201 e. The number of carbonyl (C=O) groups excluding carboxylic acids is 1. The molecule has 3 aromatic carbocycles. The molecule has 9 aliphatic rings. The third-order valence-electron chi connectivity index (χ3n) is 27.0. The van der Waals surface area contributed by atoms with Crippen LogP contribution >= 0.6 is 0 Å². The Hall–Kier alpha value is -3.95. The van der Waals surface area contributed by atoms with Crippen molar-refractivity contribution >= 4 is 12.4 Å². The molecule has 562 valence electrons. The van der Waals surface area contributed by atoms with Crippen LogP contribution in [0.5, 0.6) is 17.2 Å². The van der Waals surface area contributed by atoms with Gasteiger partial charge >= 0.3 is 0 Å². The number of benzene rings is 3. The molecular formula is C90H136F6O4. The van der Waals surface area contributed by atoms with E-state index in [-0.39, 0.29) is 35.6 Å². The highest BCUT2D eigenvalue weighted by atomic mass is 19.2. The maximum atomic E-state index is 14.9. The molecule has 3 atom stereocenters. The minimum Gasteiger partial charge on any atom is -0.487 e. The van der Waals surface area contributed by atoms with E-state index >= 15 is 0 Å². The van der Waals surface area contributed by atoms with Gasteiger partial charge in [0.15, 0.2) is 34.7 Å². The minimum absolute atomic E-state index is 0.0200. The summed E-state index contributed by atoms with van der Waals surface area (Å²) in [6.07, 6.45) is 62.9. The molecule has 3 unspecified atom stereocenters. The van der Waals surface area contributed by atoms with E-state index in [1.165, 1.54) is 192 Å². The summed E-state index contributed by atoms with van der Waals surface area (Å²) < 4.78 is 103. The number of ether oxygens (including phenoxy) is 3. The highest BCUT2D eigenvalue weighted by Crippen LogP contribution is 2.47. The summed E-state index contributed by atoms with van der Waals surface area (Å²) in [5, 5.41) is 0. The smallest absolute Gasteiger partial charge is 0.201 e. The van der Waals surface area contributed by atoms with Gasteiger partial charge in [-0.1, -0.05) is 169 Å². The van der Waals surface area contributed by atoms with Crippen LogP contribution in [0, 0.1) is 106 Å². The second-order valence-electron chi connectivity index (χ2n) is 33.5. The largest absolute Gasteiger partial charge is 0.487 e. The van der Waals surface area contributed by atoms with Gasteiger partial charge in [-0.15, -0.1) is 0 Å². The molecule has 3 aromatic rings. The Labute approximate surface area is 604 Å². The summed E-state index contributed by atoms with van der Waals surface area (Å²) in [4.78, 5) is 10.5. The topological polar surface area (TPSA) is 44.8 Å². The van der Waals surface area contributed by atoms with E-state index in [1.807, 2.05) is 18.2 Å². The molecule has 6 aliphatic carbocycles. The van der Waals surface area contributed by atoms with Crippen molar-refractivity contribution in [2.75, 3.05) is 0 Å². The van der Waals surface area contributed by atoms with Crippen LogP contribution in [-0.4, -0.2) is 24.6 Å². The van der Waals surface area contributed by atoms with Gasteiger partial charge in [0.25, 0.3) is 0 Å². The van der Waals surface area contributed by atoms with Crippen LogP contribution in [0.15, 0.2) is 30.3 Å². The summed E-state index contributed by atoms with van der Waals surface area (Å²) in [5.41, 5.74) is 3.45. The van der Waals surface area contributed by atoms with Crippen LogP contribution in [0.25, 0.3) is 6.08 Å². The van der Waals surface area contributed by atoms with Crippen molar-refractivity contribution in [3.63, 3.8) is 0 Å². The van der Waals surface area contributed by atoms with Crippen LogP contribution in [0.3, 0.4) is 0 Å². The van der Waals surface area contributed by atoms with Gasteiger partial charge in [-0.05, 0) is 304 Å². The number of fused-ring (bicyclic) bond motifs is 3. The zero-order valence-corrected chi connectivity index (χ0v) is 63.5. The molecule has 6 saturated carbocycles. The molecule has 0 bridgehead atoms. The number of halogens is 6. The Morgan fingerprint density at radius 1 is 0.370 bits per heavy atom. The third-order valence-corrected chi connectivity index (χ3v) is 27.0. The Morgan fingerprint density at radius 3 is 1.15 bits per heavy atom. The minimum atomic E-state index is -0.831. The second kappa shape index (κ2) is 42.3. The number of unbranched alkanes of at least 4 members (excludes halogenated alkanes) is 6. The first kappa shape index (κ1) is 80.2. The van der Waals surface area contributed by atoms with Crippen molar-refractivity contribution in [2.24, 2.45) is 71.0 Å². The number of hydrogen-bond acceptors (Lipinski definition) is 4. The van der Waals surface area contributed by atoms with Gasteiger partial charge in [0.2, 0.25) is 17.5 Å². The predicted octanol–water partition coefficient (Wildman–Crippen LogP) is 27.3. The lowest BCUT2D eigenvalue weighted by atomic mass is 9.68. The lowest BCUT2D eigenvalue weighted by molar-refractivity contribution is -0.108. The molecule has 0 spiro atoms. The molecule has 3 aliphatic heterocycles. The van der Waals surface area contributed by atoms with Crippen molar-refractivity contribution in [1.29, 1.82) is 0 Å². The van der Waals surface area contributed by atoms with Crippen molar-refractivity contribution in [3.8, 4) is 17.2 Å². The van der Waals surface area contributed by atoms with Gasteiger partial charge in [-0.2, -0.15) is 13.2 Å². The zero-order valence-electron chi connectivity index (χ0n) is 63.5. The van der Waals surface area contributed by atoms with E-state index in [0.29, 0.717) is 29.4 Å². The molecular weight excluding hydrogens is 1260 g/mol. The SMILES string of the molecule is CCC1CCC(C2CCC(CC=O)CC2)CC1.CCCCCC1CCc2cc(/C=C/C3CCC(C4CCC(CC)CC4)CC3)c(F)c(F)c2O1.CCCCCC1CCc2cc(CCC3CCC(C4CCC(CC)CC4)CC3)c(F)c(F)c2O1.CCCCCC1CCc2ccc(F)c(F)c2O1. The average Bonchev–Trinajstić information content (AvgIpc) is 0.806. The van der Waals surface area contributed by atoms with Gasteiger partial charge in [0.05, 0.1) is 18.3 Å². The monoisotopic (exact) mass is 1400 g/mol. The second-order valence-corrected chi connectivity index (χ2v) is 33.5. The Morgan fingerprint density at radius 2 is 0.740 bits per heavy atom. The van der Waals surface area contributed by atoms with Gasteiger partial charge in [-0.25, -0.2) is 13.2 Å². The summed E-state index contributed by atoms with van der Waals surface area (Å²) in [6.45, 7) is 13.5. The normalized spacial score (nSPS) is 29.7. The third kappa shape index (κ3) is 23.5. The number of aryl methyl sites for hydroxylation is 4. The lowest BCUT2D eigenvalue weighted by Gasteiger charge is -2.37. The first-order chi connectivity index (χ1) is 48.7. The standard InChI is InChI=1S/C30H46F2O.C30H44F2O.C16H28O.C14H18F2O/c2*1-3-5-6-7-27-19-18-26-20-25(28(31)29(32)30(26)33-27)17-12-22-10-15-24(16-11-22)23-13-8-21(4-2)9-14-23;1-2-13-3-7-15(8-4-13)16-9-5-14(6-10-16)11-12-17;1-2-3-4-5-11-8-6-10-7-9-12(15)13(16)14(10)17-11/h20-24,27H,3-19H2,1-2H3;12,17,20-24,27H,3-11,13-16,18-19H2,1-2H3;12-16H,2-11H2,1H3;7,9,11H,2-6,8H2,1H3/b;17-12+;;. The Bertz CT molecular complexity index is 2880. The molecule has 6 fully saturated rings. The zero-order chi connectivity index (χ0) is 70.8. The van der Waals surface area contributed by atoms with Crippen molar-refractivity contribution < 1.29 is 45.3 Å². The van der Waals surface area contributed by atoms with Crippen LogP contribution in [-0.2, 0) is 30.5 Å². The fraction of sp³-hybridized carbons (Fsp3) is 0.767. The van der Waals surface area contributed by atoms with Gasteiger partial charge in [0, 0.05) is 12.0 Å². The Kier molecular flexibility index (Phi) is 33.9. The molecule has 0 radical (unpaired) electrons. The first-order valence-corrected chi connectivity index (χ1v) is 42.3. The fourth-order valence-corrected chi connectivity index (χ4v) is 19.9. The van der Waals surface area contributed by atoms with Crippen molar-refractivity contribution in [3.05, 3.63) is 93.1 Å². The lowest BCUT2D eigenvalue weighted by Crippen LogP contribution is -2.26. The van der Waals surface area contributed by atoms with E-state index in [4.69, 9.17) is 14.2 Å². The van der Waals surface area contributed by atoms with Gasteiger partial charge in [0.1, 0.15) is 6.29 Å². The number of hydrogen-bond donors (Lipinski definition) is 0. The maximum absolute atomic E-state index is 14.9. The van der Waals surface area contributed by atoms with E-state index < -0.39 is 34.9 Å². The number of allylic oxidation sites excluding steroid dienone is 1. The average molecular weight is 1400 g/mol. The molecule has 0 amide bonds. The number of carbonyl (C=O) groups is 1. The fourth-order valence-electron chi connectivity index (χ4n) is 19.9. The molecule has 4 nitrogen and oxygen atoms in total. The van der Waals surface area contributed by atoms with Gasteiger partial charge < -0.3 is 19.0 Å². The predicted molar refractivity (Wildman–Crippen MR) is 401 cm³/mol. The highest BCUT2D eigenvalue weighted by molar-refractivity contribution is 5.56. The summed E-state index contributed by atoms with van der Waals surface area (Å²) in [5.74, 6) is 6.44. The summed E-state index contributed by atoms with van der Waals surface area (Å²) in [6, 6.07) is 6.53. The number of rotatable bonds is 25. The highest BCUT2D eigenvalue weighted by Gasteiger charge is 2.36. The Balaban J connectivity index is 0.000000163. The van der Waals surface area contributed by atoms with E-state index in [1.54, 1.807) is 6.07 Å². The molecule has 3 heterocycles. The first-order valence-electron chi connectivity index (χ1n) is 42.3. The van der Waals surface area contributed by atoms with E-state index in [9.17, 15) is 31.1 Å². The van der Waals surface area contributed by atoms with Crippen molar-refractivity contribution in [1.82, 2.24) is 0 Å². The molecule has 10 heteroatoms. The number of aldehydes is 1. The molecule has 0 saturated heterocycles. The molecule has 12 rings (SSSR count). The molecule has 100 heavy (non-hydrogen) atoms. The summed E-state index contributed by atoms with van der Waals surface area (Å²) >= 11 is 0. The van der Waals surface area contributed by atoms with Crippen LogP contribution in [0.1, 0.15) is 352 Å². The van der Waals surface area contributed by atoms with Crippen LogP contribution in [0.2, 0.25) is 0 Å². The molecule has 0 aromatic heterocycles. The van der Waals surface area contributed by atoms with Crippen LogP contribution < -0.4 is 14.2 Å². The van der Waals surface area contributed by atoms with E-state index in [0.717, 1.165) is 198 Å². The summed E-state index contributed by atoms with van der Waals surface area (Å²) in [7, 11) is 0. The van der Waals surface area contributed by atoms with Crippen molar-refractivity contribution in [2.45, 2.75) is 368 Å². The quantitative estimate of drug-likeness (QED) is 0.0482. The van der Waals surface area contributed by atoms with Gasteiger partial charge in [-0.3, -0.25) is 0 Å². The van der Waals surface area contributed by atoms with Crippen LogP contribution in [0.4, 0.5) is 26.3 Å². The van der Waals surface area contributed by atoms with E-state index in [2.05, 4.69) is 47.6 Å². The molecule has 0 N–H and O–H groups in total.